The van der Waals surface area contributed by atoms with E-state index >= 15 is 0 Å². The lowest BCUT2D eigenvalue weighted by molar-refractivity contribution is -0.137. The molecule has 20 heavy (non-hydrogen) atoms. The molecule has 1 aliphatic heterocycles. The highest BCUT2D eigenvalue weighted by molar-refractivity contribution is 5.95. The van der Waals surface area contributed by atoms with E-state index in [0.29, 0.717) is 19.3 Å². The van der Waals surface area contributed by atoms with Gasteiger partial charge in [-0.2, -0.15) is 13.2 Å². The third kappa shape index (κ3) is 3.04. The summed E-state index contributed by atoms with van der Waals surface area (Å²) in [5, 5.41) is 0. The van der Waals surface area contributed by atoms with Gasteiger partial charge in [0.2, 0.25) is 0 Å². The molecule has 1 aliphatic rings. The van der Waals surface area contributed by atoms with Crippen molar-refractivity contribution >= 4 is 5.91 Å². The summed E-state index contributed by atoms with van der Waals surface area (Å²) in [4.78, 5) is 11.3. The predicted octanol–water partition coefficient (Wildman–Crippen LogP) is 2.22. The van der Waals surface area contributed by atoms with Gasteiger partial charge in [0.05, 0.1) is 30.9 Å². The molecule has 0 atom stereocenters. The zero-order valence-corrected chi connectivity index (χ0v) is 10.8. The van der Waals surface area contributed by atoms with E-state index < -0.39 is 17.6 Å². The SMILES string of the molecule is CC1(COc2ccc(C(F)(F)F)cc2C(N)=O)COC1. The van der Waals surface area contributed by atoms with Crippen molar-refractivity contribution in [3.63, 3.8) is 0 Å². The van der Waals surface area contributed by atoms with Gasteiger partial charge in [0.25, 0.3) is 5.91 Å². The van der Waals surface area contributed by atoms with Gasteiger partial charge in [0.15, 0.2) is 0 Å². The molecule has 2 rings (SSSR count). The summed E-state index contributed by atoms with van der Waals surface area (Å²) >= 11 is 0. The van der Waals surface area contributed by atoms with Crippen LogP contribution in [-0.2, 0) is 10.9 Å². The molecule has 0 spiro atoms. The predicted molar refractivity (Wildman–Crippen MR) is 64.4 cm³/mol. The molecule has 0 unspecified atom stereocenters. The van der Waals surface area contributed by atoms with Crippen LogP contribution in [-0.4, -0.2) is 25.7 Å². The van der Waals surface area contributed by atoms with E-state index in [1.807, 2.05) is 6.92 Å². The van der Waals surface area contributed by atoms with Gasteiger partial charge in [0, 0.05) is 5.41 Å². The first-order valence-corrected chi connectivity index (χ1v) is 5.93. The molecule has 110 valence electrons. The van der Waals surface area contributed by atoms with Crippen molar-refractivity contribution in [2.24, 2.45) is 11.1 Å². The van der Waals surface area contributed by atoms with Crippen LogP contribution in [0.2, 0.25) is 0 Å². The van der Waals surface area contributed by atoms with Crippen LogP contribution < -0.4 is 10.5 Å². The van der Waals surface area contributed by atoms with Gasteiger partial charge in [-0.25, -0.2) is 0 Å². The molecule has 1 heterocycles. The number of carbonyl (C=O) groups is 1. The van der Waals surface area contributed by atoms with Gasteiger partial charge in [-0.3, -0.25) is 4.79 Å². The molecule has 1 fully saturated rings. The molecule has 1 aromatic rings. The smallest absolute Gasteiger partial charge is 0.416 e. The Bertz CT molecular complexity index is 524. The van der Waals surface area contributed by atoms with E-state index in [1.165, 1.54) is 0 Å². The van der Waals surface area contributed by atoms with Crippen LogP contribution in [0.4, 0.5) is 13.2 Å². The average Bonchev–Trinajstić information content (AvgIpc) is 2.32. The van der Waals surface area contributed by atoms with E-state index in [-0.39, 0.29) is 23.3 Å². The lowest BCUT2D eigenvalue weighted by Gasteiger charge is -2.37. The fourth-order valence-corrected chi connectivity index (χ4v) is 1.81. The quantitative estimate of drug-likeness (QED) is 0.924. The van der Waals surface area contributed by atoms with Gasteiger partial charge in [-0.1, -0.05) is 6.92 Å². The Hall–Kier alpha value is -1.76. The largest absolute Gasteiger partial charge is 0.492 e. The minimum atomic E-state index is -4.53. The zero-order chi connectivity index (χ0) is 15.0. The molecule has 4 nitrogen and oxygen atoms in total. The summed E-state index contributed by atoms with van der Waals surface area (Å²) in [5.41, 5.74) is 3.71. The van der Waals surface area contributed by atoms with Gasteiger partial charge in [0.1, 0.15) is 5.75 Å². The molecule has 7 heteroatoms. The molecule has 1 aromatic carbocycles. The number of alkyl halides is 3. The minimum absolute atomic E-state index is 0.0543. The molecule has 2 N–H and O–H groups in total. The highest BCUT2D eigenvalue weighted by Crippen LogP contribution is 2.33. The summed E-state index contributed by atoms with van der Waals surface area (Å²) in [7, 11) is 0. The van der Waals surface area contributed by atoms with Crippen LogP contribution in [0, 0.1) is 5.41 Å². The number of amides is 1. The lowest BCUT2D eigenvalue weighted by atomic mass is 9.90. The van der Waals surface area contributed by atoms with Crippen molar-refractivity contribution in [1.82, 2.24) is 0 Å². The van der Waals surface area contributed by atoms with Crippen LogP contribution in [0.5, 0.6) is 5.75 Å². The minimum Gasteiger partial charge on any atom is -0.492 e. The normalized spacial score (nSPS) is 17.4. The second-order valence-electron chi connectivity index (χ2n) is 5.17. The summed E-state index contributed by atoms with van der Waals surface area (Å²) < 4.78 is 48.2. The highest BCUT2D eigenvalue weighted by atomic mass is 19.4. The molecule has 0 radical (unpaired) electrons. The van der Waals surface area contributed by atoms with Gasteiger partial charge in [-0.05, 0) is 18.2 Å². The van der Waals surface area contributed by atoms with Gasteiger partial charge < -0.3 is 15.2 Å². The van der Waals surface area contributed by atoms with E-state index in [4.69, 9.17) is 15.2 Å². The maximum atomic E-state index is 12.6. The van der Waals surface area contributed by atoms with Crippen molar-refractivity contribution in [3.8, 4) is 5.75 Å². The standard InChI is InChI=1S/C13H14F3NO3/c1-12(5-19-6-12)7-20-10-3-2-8(13(14,15)16)4-9(10)11(17)18/h2-4H,5-7H2,1H3,(H2,17,18). The summed E-state index contributed by atoms with van der Waals surface area (Å²) in [6, 6.07) is 2.68. The third-order valence-electron chi connectivity index (χ3n) is 3.05. The van der Waals surface area contributed by atoms with Crippen molar-refractivity contribution in [3.05, 3.63) is 29.3 Å². The Morgan fingerprint density at radius 3 is 2.55 bits per heavy atom. The Labute approximate surface area is 113 Å². The van der Waals surface area contributed by atoms with Crippen LogP contribution in [0.25, 0.3) is 0 Å². The summed E-state index contributed by atoms with van der Waals surface area (Å²) in [6.45, 7) is 3.20. The Balaban J connectivity index is 2.21. The van der Waals surface area contributed by atoms with Crippen molar-refractivity contribution in [1.29, 1.82) is 0 Å². The monoisotopic (exact) mass is 289 g/mol. The number of hydrogen-bond acceptors (Lipinski definition) is 3. The van der Waals surface area contributed by atoms with Crippen molar-refractivity contribution in [2.75, 3.05) is 19.8 Å². The third-order valence-corrected chi connectivity index (χ3v) is 3.05. The van der Waals surface area contributed by atoms with Crippen LogP contribution >= 0.6 is 0 Å². The Morgan fingerprint density at radius 2 is 2.10 bits per heavy atom. The molecular formula is C13H14F3NO3. The highest BCUT2D eigenvalue weighted by Gasteiger charge is 2.35. The number of hydrogen-bond donors (Lipinski definition) is 1. The second kappa shape index (κ2) is 4.97. The first kappa shape index (κ1) is 14.6. The van der Waals surface area contributed by atoms with Gasteiger partial charge in [-0.15, -0.1) is 0 Å². The molecular weight excluding hydrogens is 275 g/mol. The van der Waals surface area contributed by atoms with E-state index in [2.05, 4.69) is 0 Å². The number of halogens is 3. The maximum absolute atomic E-state index is 12.6. The number of nitrogens with two attached hydrogens (primary N) is 1. The fraction of sp³-hybridized carbons (Fsp3) is 0.462. The average molecular weight is 289 g/mol. The number of benzene rings is 1. The summed E-state index contributed by atoms with van der Waals surface area (Å²) in [5.74, 6) is -0.903. The first-order chi connectivity index (χ1) is 9.21. The van der Waals surface area contributed by atoms with E-state index in [9.17, 15) is 18.0 Å². The molecule has 0 aliphatic carbocycles. The summed E-state index contributed by atoms with van der Waals surface area (Å²) in [6.07, 6.45) is -4.53. The number of carbonyl (C=O) groups excluding carboxylic acids is 1. The number of rotatable bonds is 4. The molecule has 0 aromatic heterocycles. The molecule has 0 saturated carbocycles. The second-order valence-corrected chi connectivity index (χ2v) is 5.17. The van der Waals surface area contributed by atoms with E-state index in [0.717, 1.165) is 12.1 Å². The fourth-order valence-electron chi connectivity index (χ4n) is 1.81. The number of ether oxygens (including phenoxy) is 2. The number of primary amides is 1. The molecule has 1 amide bonds. The first-order valence-electron chi connectivity index (χ1n) is 5.93. The van der Waals surface area contributed by atoms with E-state index in [1.54, 1.807) is 0 Å². The Morgan fingerprint density at radius 1 is 1.45 bits per heavy atom. The lowest BCUT2D eigenvalue weighted by Crippen LogP contribution is -2.44. The maximum Gasteiger partial charge on any atom is 0.416 e. The zero-order valence-electron chi connectivity index (χ0n) is 10.8. The van der Waals surface area contributed by atoms with Gasteiger partial charge >= 0.3 is 6.18 Å². The molecule has 0 bridgehead atoms. The van der Waals surface area contributed by atoms with Crippen molar-refractivity contribution < 1.29 is 27.4 Å². The van der Waals surface area contributed by atoms with Crippen LogP contribution in [0.3, 0.4) is 0 Å². The van der Waals surface area contributed by atoms with Crippen LogP contribution in [0.1, 0.15) is 22.8 Å². The topological polar surface area (TPSA) is 61.5 Å². The molecule has 1 saturated heterocycles. The van der Waals surface area contributed by atoms with Crippen molar-refractivity contribution in [2.45, 2.75) is 13.1 Å². The Kier molecular flexibility index (Phi) is 3.64. The van der Waals surface area contributed by atoms with Crippen LogP contribution in [0.15, 0.2) is 18.2 Å².